The third-order valence-electron chi connectivity index (χ3n) is 6.20. The van der Waals surface area contributed by atoms with Gasteiger partial charge in [0.15, 0.2) is 5.78 Å². The van der Waals surface area contributed by atoms with Gasteiger partial charge in [-0.25, -0.2) is 4.57 Å². The summed E-state index contributed by atoms with van der Waals surface area (Å²) in [6, 6.07) is 11.4. The van der Waals surface area contributed by atoms with Crippen molar-refractivity contribution in [2.45, 2.75) is 25.9 Å². The Labute approximate surface area is 198 Å². The topological polar surface area (TPSA) is 92.6 Å². The molecule has 1 aliphatic rings. The first kappa shape index (κ1) is 23.2. The Hall–Kier alpha value is -3.94. The molecular formula is C26H28N3O5+. The number of hydrogen-bond acceptors (Lipinski definition) is 5. The number of benzene rings is 2. The average Bonchev–Trinajstić information content (AvgIpc) is 3.46. The number of likely N-dealkylation sites (tertiary alicyclic amines) is 1. The van der Waals surface area contributed by atoms with Gasteiger partial charge < -0.3 is 14.4 Å². The van der Waals surface area contributed by atoms with E-state index in [9.17, 15) is 14.4 Å². The molecule has 2 unspecified atom stereocenters. The van der Waals surface area contributed by atoms with Crippen molar-refractivity contribution in [3.8, 4) is 11.5 Å². The summed E-state index contributed by atoms with van der Waals surface area (Å²) in [5, 5.41) is 0. The lowest BCUT2D eigenvalue weighted by Gasteiger charge is -2.28. The molecule has 0 bridgehead atoms. The molecule has 0 saturated carbocycles. The SMILES string of the molecule is COc1ccc(OC)c(C2C(C(=O)c3ccc(C)cc3)C(=O)C(=O)N2CCC[n+]2cc[nH]c2)c1. The van der Waals surface area contributed by atoms with Gasteiger partial charge in [-0.2, -0.15) is 0 Å². The standard InChI is InChI=1S/C26H27N3O5/c1-17-5-7-18(8-6-17)24(30)22-23(20-15-19(33-2)9-10-21(20)34-3)29(26(32)25(22)31)13-4-12-28-14-11-27-16-28/h5-11,14-16,22-23H,4,12-13H2,1-3H3/p+1. The molecular weight excluding hydrogens is 434 g/mol. The molecule has 4 rings (SSSR count). The largest absolute Gasteiger partial charge is 0.497 e. The quantitative estimate of drug-likeness (QED) is 0.228. The zero-order valence-corrected chi connectivity index (χ0v) is 19.5. The molecule has 176 valence electrons. The van der Waals surface area contributed by atoms with Crippen LogP contribution in [0, 0.1) is 12.8 Å². The molecule has 3 aromatic rings. The van der Waals surface area contributed by atoms with E-state index in [1.54, 1.807) is 30.3 Å². The molecule has 0 spiro atoms. The van der Waals surface area contributed by atoms with Crippen molar-refractivity contribution in [1.29, 1.82) is 0 Å². The van der Waals surface area contributed by atoms with Crippen LogP contribution in [-0.4, -0.2) is 48.1 Å². The molecule has 0 aliphatic carbocycles. The van der Waals surface area contributed by atoms with Crippen LogP contribution in [-0.2, 0) is 16.1 Å². The molecule has 2 aromatic carbocycles. The number of hydrogen-bond donors (Lipinski definition) is 1. The van der Waals surface area contributed by atoms with Gasteiger partial charge in [-0.3, -0.25) is 19.4 Å². The molecule has 1 fully saturated rings. The summed E-state index contributed by atoms with van der Waals surface area (Å²) in [7, 11) is 3.06. The first-order chi connectivity index (χ1) is 16.4. The van der Waals surface area contributed by atoms with Crippen LogP contribution in [0.5, 0.6) is 11.5 Å². The molecule has 34 heavy (non-hydrogen) atoms. The number of imidazole rings is 1. The molecule has 1 saturated heterocycles. The molecule has 1 aromatic heterocycles. The number of aromatic nitrogens is 2. The van der Waals surface area contributed by atoms with Crippen LogP contribution in [0.25, 0.3) is 0 Å². The maximum absolute atomic E-state index is 13.6. The maximum atomic E-state index is 13.6. The fourth-order valence-electron chi connectivity index (χ4n) is 4.43. The second-order valence-electron chi connectivity index (χ2n) is 8.33. The lowest BCUT2D eigenvalue weighted by Crippen LogP contribution is -2.36. The summed E-state index contributed by atoms with van der Waals surface area (Å²) in [5.41, 5.74) is 1.97. The van der Waals surface area contributed by atoms with Crippen LogP contribution in [0.1, 0.15) is 33.9 Å². The first-order valence-corrected chi connectivity index (χ1v) is 11.1. The predicted molar refractivity (Wildman–Crippen MR) is 124 cm³/mol. The van der Waals surface area contributed by atoms with Crippen molar-refractivity contribution in [2.75, 3.05) is 20.8 Å². The summed E-state index contributed by atoms with van der Waals surface area (Å²) in [4.78, 5) is 44.5. The number of nitrogens with zero attached hydrogens (tertiary/aromatic N) is 2. The van der Waals surface area contributed by atoms with Gasteiger partial charge in [0.2, 0.25) is 12.1 Å². The van der Waals surface area contributed by atoms with Crippen LogP contribution < -0.4 is 14.0 Å². The van der Waals surface area contributed by atoms with Crippen LogP contribution in [0.3, 0.4) is 0 Å². The summed E-state index contributed by atoms with van der Waals surface area (Å²) >= 11 is 0. The number of aromatic amines is 1. The molecule has 1 N–H and O–H groups in total. The number of ether oxygens (including phenoxy) is 2. The number of rotatable bonds is 9. The number of methoxy groups -OCH3 is 2. The van der Waals surface area contributed by atoms with E-state index in [0.29, 0.717) is 42.1 Å². The minimum absolute atomic E-state index is 0.311. The van der Waals surface area contributed by atoms with E-state index in [0.717, 1.165) is 5.56 Å². The van der Waals surface area contributed by atoms with E-state index in [1.165, 1.54) is 19.1 Å². The fraction of sp³-hybridized carbons (Fsp3) is 0.308. The van der Waals surface area contributed by atoms with Crippen molar-refractivity contribution in [1.82, 2.24) is 9.88 Å². The van der Waals surface area contributed by atoms with Gasteiger partial charge in [0.1, 0.15) is 29.8 Å². The Morgan fingerprint density at radius 2 is 1.85 bits per heavy atom. The van der Waals surface area contributed by atoms with Crippen LogP contribution in [0.15, 0.2) is 61.2 Å². The molecule has 0 radical (unpaired) electrons. The highest BCUT2D eigenvalue weighted by atomic mass is 16.5. The zero-order chi connectivity index (χ0) is 24.2. The number of H-pyrrole nitrogens is 1. The van der Waals surface area contributed by atoms with E-state index in [-0.39, 0.29) is 5.78 Å². The zero-order valence-electron chi connectivity index (χ0n) is 19.5. The van der Waals surface area contributed by atoms with Gasteiger partial charge in [0.25, 0.3) is 5.91 Å². The molecule has 1 amide bonds. The average molecular weight is 463 g/mol. The van der Waals surface area contributed by atoms with Crippen molar-refractivity contribution >= 4 is 17.5 Å². The molecule has 8 heteroatoms. The normalized spacial score (nSPS) is 17.8. The third-order valence-corrected chi connectivity index (χ3v) is 6.20. The van der Waals surface area contributed by atoms with Gasteiger partial charge in [-0.15, -0.1) is 0 Å². The molecule has 8 nitrogen and oxygen atoms in total. The third kappa shape index (κ3) is 4.44. The Bertz CT molecular complexity index is 1190. The van der Waals surface area contributed by atoms with E-state index < -0.39 is 23.7 Å². The predicted octanol–water partition coefficient (Wildman–Crippen LogP) is 2.67. The lowest BCUT2D eigenvalue weighted by molar-refractivity contribution is -0.695. The highest BCUT2D eigenvalue weighted by Crippen LogP contribution is 2.43. The smallest absolute Gasteiger partial charge is 0.291 e. The number of carbonyl (C=O) groups excluding carboxylic acids is 3. The van der Waals surface area contributed by atoms with E-state index in [4.69, 9.17) is 9.47 Å². The summed E-state index contributed by atoms with van der Waals surface area (Å²) < 4.78 is 12.9. The van der Waals surface area contributed by atoms with Gasteiger partial charge in [-0.1, -0.05) is 29.8 Å². The van der Waals surface area contributed by atoms with Gasteiger partial charge in [0.05, 0.1) is 26.8 Å². The summed E-state index contributed by atoms with van der Waals surface area (Å²) in [5.74, 6) is -1.87. The summed E-state index contributed by atoms with van der Waals surface area (Å²) in [6.45, 7) is 2.89. The first-order valence-electron chi connectivity index (χ1n) is 11.1. The second-order valence-corrected chi connectivity index (χ2v) is 8.33. The van der Waals surface area contributed by atoms with E-state index >= 15 is 0 Å². The van der Waals surface area contributed by atoms with Gasteiger partial charge >= 0.3 is 0 Å². The van der Waals surface area contributed by atoms with Crippen LogP contribution in [0.2, 0.25) is 0 Å². The molecule has 2 heterocycles. The van der Waals surface area contributed by atoms with Gasteiger partial charge in [0, 0.05) is 24.1 Å². The molecule has 2 atom stereocenters. The highest BCUT2D eigenvalue weighted by molar-refractivity contribution is 6.44. The minimum atomic E-state index is -1.17. The van der Waals surface area contributed by atoms with E-state index in [2.05, 4.69) is 4.98 Å². The van der Waals surface area contributed by atoms with Crippen molar-refractivity contribution in [3.05, 3.63) is 77.9 Å². The lowest BCUT2D eigenvalue weighted by atomic mass is 9.85. The highest BCUT2D eigenvalue weighted by Gasteiger charge is 2.52. The van der Waals surface area contributed by atoms with Crippen LogP contribution >= 0.6 is 0 Å². The number of nitrogens with one attached hydrogen (secondary N) is 1. The Balaban J connectivity index is 1.74. The number of amides is 1. The van der Waals surface area contributed by atoms with Crippen molar-refractivity contribution in [2.24, 2.45) is 5.92 Å². The Morgan fingerprint density at radius 3 is 2.50 bits per heavy atom. The minimum Gasteiger partial charge on any atom is -0.497 e. The molecule has 1 aliphatic heterocycles. The van der Waals surface area contributed by atoms with Gasteiger partial charge in [-0.05, 0) is 25.1 Å². The maximum Gasteiger partial charge on any atom is 0.291 e. The monoisotopic (exact) mass is 462 g/mol. The number of ketones is 2. The second kappa shape index (κ2) is 9.91. The fourth-order valence-corrected chi connectivity index (χ4v) is 4.43. The van der Waals surface area contributed by atoms with Crippen molar-refractivity contribution < 1.29 is 28.4 Å². The summed E-state index contributed by atoms with van der Waals surface area (Å²) in [6.07, 6.45) is 6.13. The van der Waals surface area contributed by atoms with E-state index in [1.807, 2.05) is 42.3 Å². The van der Waals surface area contributed by atoms with Crippen molar-refractivity contribution in [3.63, 3.8) is 0 Å². The number of aryl methyl sites for hydroxylation is 2. The Morgan fingerprint density at radius 1 is 1.09 bits per heavy atom. The number of carbonyl (C=O) groups is 3. The number of Topliss-reactive ketones (excluding diaryl/α,β-unsaturated/α-hetero) is 2. The van der Waals surface area contributed by atoms with Crippen LogP contribution in [0.4, 0.5) is 0 Å². The Kier molecular flexibility index (Phi) is 6.77.